The van der Waals surface area contributed by atoms with Crippen LogP contribution in [-0.2, 0) is 16.1 Å². The molecule has 0 unspecified atom stereocenters. The Kier molecular flexibility index (Phi) is 6.80. The fourth-order valence-electron chi connectivity index (χ4n) is 3.05. The Balaban J connectivity index is 1.74. The molecular weight excluding hydrogens is 320 g/mol. The van der Waals surface area contributed by atoms with E-state index in [9.17, 15) is 14.4 Å². The van der Waals surface area contributed by atoms with Crippen LogP contribution >= 0.6 is 0 Å². The maximum Gasteiger partial charge on any atom is 0.316 e. The van der Waals surface area contributed by atoms with Gasteiger partial charge in [-0.3, -0.25) is 9.59 Å². The molecule has 0 aliphatic heterocycles. The average Bonchev–Trinajstić information content (AvgIpc) is 3.07. The van der Waals surface area contributed by atoms with Crippen molar-refractivity contribution in [3.8, 4) is 0 Å². The second-order valence-corrected chi connectivity index (χ2v) is 6.56. The highest BCUT2D eigenvalue weighted by Crippen LogP contribution is 2.24. The Hall–Kier alpha value is -2.57. The number of anilines is 1. The van der Waals surface area contributed by atoms with E-state index in [0.29, 0.717) is 12.2 Å². The quantitative estimate of drug-likeness (QED) is 0.604. The summed E-state index contributed by atoms with van der Waals surface area (Å²) in [5.41, 5.74) is 6.51. The highest BCUT2D eigenvalue weighted by molar-refractivity contribution is 5.87. The summed E-state index contributed by atoms with van der Waals surface area (Å²) in [6, 6.07) is 6.26. The van der Waals surface area contributed by atoms with Crippen molar-refractivity contribution in [3.63, 3.8) is 0 Å². The predicted molar refractivity (Wildman–Crippen MR) is 95.7 cm³/mol. The lowest BCUT2D eigenvalue weighted by Crippen LogP contribution is -2.39. The number of nitrogens with two attached hydrogens (primary N) is 1. The zero-order chi connectivity index (χ0) is 18.2. The lowest BCUT2D eigenvalue weighted by Gasteiger charge is -2.17. The fraction of sp³-hybridized carbons (Fsp3) is 0.500. The van der Waals surface area contributed by atoms with Crippen LogP contribution in [0.4, 0.5) is 10.5 Å². The number of urea groups is 1. The first kappa shape index (κ1) is 18.8. The van der Waals surface area contributed by atoms with Crippen LogP contribution in [0.2, 0.25) is 0 Å². The van der Waals surface area contributed by atoms with Gasteiger partial charge >= 0.3 is 6.03 Å². The minimum Gasteiger partial charge on any atom is -0.353 e. The molecule has 1 aliphatic carbocycles. The number of nitrogens with one attached hydrogen (secondary N) is 3. The minimum absolute atomic E-state index is 0.0584. The summed E-state index contributed by atoms with van der Waals surface area (Å²) in [5, 5.41) is 8.23. The number of benzene rings is 1. The summed E-state index contributed by atoms with van der Waals surface area (Å²) in [6.07, 6.45) is 4.34. The Labute approximate surface area is 147 Å². The molecule has 1 saturated carbocycles. The molecule has 0 spiro atoms. The molecule has 1 aromatic carbocycles. The molecule has 1 fully saturated rings. The molecule has 7 heteroatoms. The number of hydrogen-bond acceptors (Lipinski definition) is 3. The van der Waals surface area contributed by atoms with Gasteiger partial charge in [-0.15, -0.1) is 0 Å². The van der Waals surface area contributed by atoms with Crippen molar-refractivity contribution in [1.82, 2.24) is 10.6 Å². The third-order valence-electron chi connectivity index (χ3n) is 4.29. The van der Waals surface area contributed by atoms with Crippen molar-refractivity contribution in [1.29, 1.82) is 0 Å². The summed E-state index contributed by atoms with van der Waals surface area (Å²) >= 11 is 0. The van der Waals surface area contributed by atoms with E-state index in [1.807, 2.05) is 13.0 Å². The molecule has 0 saturated heterocycles. The summed E-state index contributed by atoms with van der Waals surface area (Å²) in [7, 11) is 0. The van der Waals surface area contributed by atoms with Crippen molar-refractivity contribution in [2.75, 3.05) is 5.32 Å². The van der Waals surface area contributed by atoms with Crippen LogP contribution in [0, 0.1) is 5.92 Å². The van der Waals surface area contributed by atoms with Crippen molar-refractivity contribution < 1.29 is 14.4 Å². The van der Waals surface area contributed by atoms with Crippen LogP contribution in [0.3, 0.4) is 0 Å². The molecule has 0 radical (unpaired) electrons. The van der Waals surface area contributed by atoms with E-state index in [-0.39, 0.29) is 30.2 Å². The first-order valence-corrected chi connectivity index (χ1v) is 8.66. The van der Waals surface area contributed by atoms with E-state index in [0.717, 1.165) is 31.2 Å². The molecule has 0 bridgehead atoms. The minimum atomic E-state index is -0.631. The number of amides is 4. The van der Waals surface area contributed by atoms with Crippen LogP contribution in [0.5, 0.6) is 0 Å². The molecule has 1 aliphatic rings. The number of carbonyl (C=O) groups excluding carboxylic acids is 3. The predicted octanol–water partition coefficient (Wildman–Crippen LogP) is 1.88. The largest absolute Gasteiger partial charge is 0.353 e. The molecule has 136 valence electrons. The van der Waals surface area contributed by atoms with Gasteiger partial charge in [0.05, 0.1) is 0 Å². The molecule has 2 rings (SSSR count). The smallest absolute Gasteiger partial charge is 0.316 e. The van der Waals surface area contributed by atoms with Crippen LogP contribution in [0.15, 0.2) is 24.3 Å². The van der Waals surface area contributed by atoms with Gasteiger partial charge in [-0.1, -0.05) is 25.0 Å². The van der Waals surface area contributed by atoms with Crippen LogP contribution in [0.25, 0.3) is 0 Å². The van der Waals surface area contributed by atoms with E-state index >= 15 is 0 Å². The Morgan fingerprint density at radius 1 is 1.24 bits per heavy atom. The third kappa shape index (κ3) is 6.45. The van der Waals surface area contributed by atoms with Gasteiger partial charge in [0.2, 0.25) is 11.8 Å². The lowest BCUT2D eigenvalue weighted by molar-refractivity contribution is -0.126. The Morgan fingerprint density at radius 2 is 1.96 bits per heavy atom. The highest BCUT2D eigenvalue weighted by Gasteiger charge is 2.24. The molecule has 4 amide bonds. The number of carbonyl (C=O) groups is 3. The SMILES string of the molecule is C[C@H](CC(=O)NCc1cccc(NC(N)=O)c1)NC(=O)C1CCCC1. The summed E-state index contributed by atoms with van der Waals surface area (Å²) in [5.74, 6) is 0.0292. The van der Waals surface area contributed by atoms with Gasteiger partial charge < -0.3 is 21.7 Å². The van der Waals surface area contributed by atoms with E-state index < -0.39 is 6.03 Å². The van der Waals surface area contributed by atoms with Gasteiger partial charge in [0.25, 0.3) is 0 Å². The van der Waals surface area contributed by atoms with E-state index in [1.165, 1.54) is 0 Å². The van der Waals surface area contributed by atoms with Gasteiger partial charge in [-0.2, -0.15) is 0 Å². The van der Waals surface area contributed by atoms with Crippen LogP contribution in [-0.4, -0.2) is 23.9 Å². The third-order valence-corrected chi connectivity index (χ3v) is 4.29. The molecule has 7 nitrogen and oxygen atoms in total. The van der Waals surface area contributed by atoms with Gasteiger partial charge in [0, 0.05) is 30.6 Å². The first-order valence-electron chi connectivity index (χ1n) is 8.66. The molecule has 0 aromatic heterocycles. The summed E-state index contributed by atoms with van der Waals surface area (Å²) in [6.45, 7) is 2.18. The molecule has 5 N–H and O–H groups in total. The van der Waals surface area contributed by atoms with E-state index in [4.69, 9.17) is 5.73 Å². The van der Waals surface area contributed by atoms with Gasteiger partial charge in [0.1, 0.15) is 0 Å². The monoisotopic (exact) mass is 346 g/mol. The van der Waals surface area contributed by atoms with Crippen molar-refractivity contribution in [2.45, 2.75) is 51.6 Å². The molecule has 1 aromatic rings. The van der Waals surface area contributed by atoms with Crippen LogP contribution < -0.4 is 21.7 Å². The molecule has 25 heavy (non-hydrogen) atoms. The topological polar surface area (TPSA) is 113 Å². The normalized spacial score (nSPS) is 15.4. The van der Waals surface area contributed by atoms with Crippen molar-refractivity contribution in [3.05, 3.63) is 29.8 Å². The average molecular weight is 346 g/mol. The Bertz CT molecular complexity index is 627. The van der Waals surface area contributed by atoms with E-state index in [2.05, 4.69) is 16.0 Å². The molecular formula is C18H26N4O3. The van der Waals surface area contributed by atoms with Gasteiger partial charge in [-0.25, -0.2) is 4.79 Å². The summed E-state index contributed by atoms with van der Waals surface area (Å²) in [4.78, 5) is 35.0. The van der Waals surface area contributed by atoms with Crippen molar-refractivity contribution >= 4 is 23.5 Å². The molecule has 0 heterocycles. The Morgan fingerprint density at radius 3 is 2.64 bits per heavy atom. The van der Waals surface area contributed by atoms with E-state index in [1.54, 1.807) is 18.2 Å². The lowest BCUT2D eigenvalue weighted by atomic mass is 10.1. The zero-order valence-electron chi connectivity index (χ0n) is 14.5. The number of primary amides is 1. The molecule has 1 atom stereocenters. The zero-order valence-corrected chi connectivity index (χ0v) is 14.5. The standard InChI is InChI=1S/C18H26N4O3/c1-12(21-17(24)14-6-2-3-7-14)9-16(23)20-11-13-5-4-8-15(10-13)22-18(19)25/h4-5,8,10,12,14H,2-3,6-7,9,11H2,1H3,(H,20,23)(H,21,24)(H3,19,22,25)/t12-/m1/s1. The second-order valence-electron chi connectivity index (χ2n) is 6.56. The van der Waals surface area contributed by atoms with Crippen LogP contribution in [0.1, 0.15) is 44.6 Å². The number of hydrogen-bond donors (Lipinski definition) is 4. The summed E-state index contributed by atoms with van der Waals surface area (Å²) < 4.78 is 0. The maximum absolute atomic E-state index is 12.1. The fourth-order valence-corrected chi connectivity index (χ4v) is 3.05. The maximum atomic E-state index is 12.1. The van der Waals surface area contributed by atoms with Gasteiger partial charge in [0.15, 0.2) is 0 Å². The second kappa shape index (κ2) is 9.05. The number of rotatable bonds is 7. The first-order chi connectivity index (χ1) is 11.9. The highest BCUT2D eigenvalue weighted by atomic mass is 16.2. The van der Waals surface area contributed by atoms with Crippen molar-refractivity contribution in [2.24, 2.45) is 11.7 Å². The van der Waals surface area contributed by atoms with Gasteiger partial charge in [-0.05, 0) is 37.5 Å².